The van der Waals surface area contributed by atoms with Crippen LogP contribution in [0.5, 0.6) is 0 Å². The highest BCUT2D eigenvalue weighted by molar-refractivity contribution is 6.04. The molecule has 2 rings (SSSR count). The number of rotatable bonds is 2. The molecule has 0 unspecified atom stereocenters. The van der Waals surface area contributed by atoms with Crippen molar-refractivity contribution in [2.24, 2.45) is 0 Å². The average Bonchev–Trinajstić information content (AvgIpc) is 2.51. The first-order chi connectivity index (χ1) is 8.34. The van der Waals surface area contributed by atoms with Gasteiger partial charge in [-0.1, -0.05) is 0 Å². The van der Waals surface area contributed by atoms with Crippen LogP contribution < -0.4 is 0 Å². The number of fused-ring (bicyclic) bond motifs is 1. The highest BCUT2D eigenvalue weighted by atomic mass is 16.4. The van der Waals surface area contributed by atoms with Gasteiger partial charge >= 0.3 is 5.97 Å². The molecule has 96 valence electrons. The number of carboxylic acid groups (broad SMARTS) is 1. The van der Waals surface area contributed by atoms with Crippen LogP contribution in [0, 0.1) is 20.8 Å². The van der Waals surface area contributed by atoms with E-state index in [4.69, 9.17) is 0 Å². The van der Waals surface area contributed by atoms with Gasteiger partial charge in [0.05, 0.1) is 11.1 Å². The fourth-order valence-electron chi connectivity index (χ4n) is 2.68. The maximum absolute atomic E-state index is 11.4. The van der Waals surface area contributed by atoms with Crippen molar-refractivity contribution in [3.63, 3.8) is 0 Å². The molecule has 0 fully saturated rings. The second-order valence-corrected chi connectivity index (χ2v) is 5.19. The lowest BCUT2D eigenvalue weighted by atomic mass is 10.0. The molecule has 0 aliphatic carbocycles. The summed E-state index contributed by atoms with van der Waals surface area (Å²) in [7, 11) is 0. The summed E-state index contributed by atoms with van der Waals surface area (Å²) in [6, 6.07) is 4.08. The van der Waals surface area contributed by atoms with Crippen LogP contribution in [0.4, 0.5) is 0 Å². The van der Waals surface area contributed by atoms with Crippen LogP contribution in [-0.2, 0) is 0 Å². The molecule has 0 saturated carbocycles. The SMILES string of the molecule is Cc1cc(C(=O)O)c2c(c1)c(C)c(C)n2C(C)C. The number of benzene rings is 1. The zero-order chi connectivity index (χ0) is 13.6. The Morgan fingerprint density at radius 3 is 2.33 bits per heavy atom. The lowest BCUT2D eigenvalue weighted by molar-refractivity contribution is 0.0698. The molecule has 1 aromatic carbocycles. The fraction of sp³-hybridized carbons (Fsp3) is 0.400. The van der Waals surface area contributed by atoms with Gasteiger partial charge in [0.25, 0.3) is 0 Å². The predicted molar refractivity (Wildman–Crippen MR) is 73.5 cm³/mol. The maximum atomic E-state index is 11.4. The molecular formula is C15H19NO2. The molecule has 0 aliphatic heterocycles. The Balaban J connectivity index is 3.01. The number of hydrogen-bond acceptors (Lipinski definition) is 1. The van der Waals surface area contributed by atoms with Gasteiger partial charge in [0.1, 0.15) is 0 Å². The molecular weight excluding hydrogens is 226 g/mol. The summed E-state index contributed by atoms with van der Waals surface area (Å²) in [4.78, 5) is 11.4. The highest BCUT2D eigenvalue weighted by Crippen LogP contribution is 2.32. The molecule has 1 aromatic heterocycles. The van der Waals surface area contributed by atoms with Crippen molar-refractivity contribution in [2.75, 3.05) is 0 Å². The first-order valence-electron chi connectivity index (χ1n) is 6.19. The van der Waals surface area contributed by atoms with E-state index in [-0.39, 0.29) is 6.04 Å². The Labute approximate surface area is 107 Å². The van der Waals surface area contributed by atoms with Gasteiger partial charge in [-0.05, 0) is 57.9 Å². The molecule has 3 nitrogen and oxygen atoms in total. The molecule has 0 amide bonds. The van der Waals surface area contributed by atoms with Crippen LogP contribution in [0.15, 0.2) is 12.1 Å². The number of carboxylic acids is 1. The Kier molecular flexibility index (Phi) is 2.93. The standard InChI is InChI=1S/C15H19NO2/c1-8(2)16-11(5)10(4)12-6-9(3)7-13(14(12)16)15(17)18/h6-8H,1-5H3,(H,17,18). The number of aromatic nitrogens is 1. The molecule has 0 bridgehead atoms. The zero-order valence-corrected chi connectivity index (χ0v) is 11.5. The number of carbonyl (C=O) groups is 1. The smallest absolute Gasteiger partial charge is 0.337 e. The lowest BCUT2D eigenvalue weighted by Gasteiger charge is -2.14. The molecule has 0 aliphatic rings. The van der Waals surface area contributed by atoms with Crippen LogP contribution in [-0.4, -0.2) is 15.6 Å². The minimum atomic E-state index is -0.858. The van der Waals surface area contributed by atoms with Gasteiger partial charge < -0.3 is 9.67 Å². The minimum absolute atomic E-state index is 0.252. The molecule has 3 heteroatoms. The molecule has 0 saturated heterocycles. The van der Waals surface area contributed by atoms with Crippen molar-refractivity contribution in [1.29, 1.82) is 0 Å². The minimum Gasteiger partial charge on any atom is -0.478 e. The summed E-state index contributed by atoms with van der Waals surface area (Å²) < 4.78 is 2.12. The summed E-state index contributed by atoms with van der Waals surface area (Å²) >= 11 is 0. The Morgan fingerprint density at radius 2 is 1.83 bits per heavy atom. The summed E-state index contributed by atoms with van der Waals surface area (Å²) in [5, 5.41) is 10.5. The van der Waals surface area contributed by atoms with Crippen LogP contribution in [0.3, 0.4) is 0 Å². The van der Waals surface area contributed by atoms with E-state index in [1.54, 1.807) is 6.07 Å². The number of aryl methyl sites for hydroxylation is 2. The van der Waals surface area contributed by atoms with E-state index in [1.807, 2.05) is 6.92 Å². The molecule has 18 heavy (non-hydrogen) atoms. The molecule has 1 heterocycles. The molecule has 0 spiro atoms. The Bertz CT molecular complexity index is 636. The number of nitrogens with zero attached hydrogens (tertiary/aromatic N) is 1. The van der Waals surface area contributed by atoms with E-state index < -0.39 is 5.97 Å². The van der Waals surface area contributed by atoms with E-state index >= 15 is 0 Å². The predicted octanol–water partition coefficient (Wildman–Crippen LogP) is 3.85. The maximum Gasteiger partial charge on any atom is 0.337 e. The van der Waals surface area contributed by atoms with Crippen LogP contribution in [0.25, 0.3) is 10.9 Å². The normalized spacial score (nSPS) is 11.4. The third-order valence-corrected chi connectivity index (χ3v) is 3.55. The van der Waals surface area contributed by atoms with E-state index in [9.17, 15) is 9.90 Å². The summed E-state index contributed by atoms with van der Waals surface area (Å²) in [6.45, 7) is 10.2. The largest absolute Gasteiger partial charge is 0.478 e. The average molecular weight is 245 g/mol. The third kappa shape index (κ3) is 1.70. The van der Waals surface area contributed by atoms with E-state index in [1.165, 1.54) is 5.56 Å². The van der Waals surface area contributed by atoms with E-state index in [0.717, 1.165) is 22.2 Å². The van der Waals surface area contributed by atoms with Gasteiger partial charge in [-0.25, -0.2) is 4.79 Å². The highest BCUT2D eigenvalue weighted by Gasteiger charge is 2.19. The molecule has 0 radical (unpaired) electrons. The van der Waals surface area contributed by atoms with Gasteiger partial charge in [0.2, 0.25) is 0 Å². The molecule has 0 atom stereocenters. The van der Waals surface area contributed by atoms with Crippen LogP contribution >= 0.6 is 0 Å². The fourth-order valence-corrected chi connectivity index (χ4v) is 2.68. The zero-order valence-electron chi connectivity index (χ0n) is 11.5. The Morgan fingerprint density at radius 1 is 1.22 bits per heavy atom. The van der Waals surface area contributed by atoms with Gasteiger partial charge in [-0.15, -0.1) is 0 Å². The van der Waals surface area contributed by atoms with Crippen molar-refractivity contribution in [3.05, 3.63) is 34.5 Å². The van der Waals surface area contributed by atoms with Crippen LogP contribution in [0.1, 0.15) is 47.1 Å². The van der Waals surface area contributed by atoms with Gasteiger partial charge in [0, 0.05) is 17.1 Å². The second kappa shape index (κ2) is 4.16. The summed E-state index contributed by atoms with van der Waals surface area (Å²) in [5.41, 5.74) is 4.55. The van der Waals surface area contributed by atoms with Crippen molar-refractivity contribution in [3.8, 4) is 0 Å². The number of aromatic carboxylic acids is 1. The van der Waals surface area contributed by atoms with E-state index in [0.29, 0.717) is 5.56 Å². The third-order valence-electron chi connectivity index (χ3n) is 3.55. The topological polar surface area (TPSA) is 42.2 Å². The Hall–Kier alpha value is -1.77. The van der Waals surface area contributed by atoms with Gasteiger partial charge in [-0.2, -0.15) is 0 Å². The molecule has 2 aromatic rings. The number of hydrogen-bond donors (Lipinski definition) is 1. The van der Waals surface area contributed by atoms with Crippen molar-refractivity contribution in [2.45, 2.75) is 40.7 Å². The van der Waals surface area contributed by atoms with Crippen molar-refractivity contribution < 1.29 is 9.90 Å². The monoisotopic (exact) mass is 245 g/mol. The van der Waals surface area contributed by atoms with Crippen molar-refractivity contribution in [1.82, 2.24) is 4.57 Å². The van der Waals surface area contributed by atoms with Gasteiger partial charge in [-0.3, -0.25) is 0 Å². The lowest BCUT2D eigenvalue weighted by Crippen LogP contribution is -2.07. The van der Waals surface area contributed by atoms with E-state index in [2.05, 4.69) is 38.3 Å². The first kappa shape index (κ1) is 12.7. The van der Waals surface area contributed by atoms with Gasteiger partial charge in [0.15, 0.2) is 0 Å². The van der Waals surface area contributed by atoms with Crippen molar-refractivity contribution >= 4 is 16.9 Å². The van der Waals surface area contributed by atoms with Crippen LogP contribution in [0.2, 0.25) is 0 Å². The first-order valence-corrected chi connectivity index (χ1v) is 6.19. The quantitative estimate of drug-likeness (QED) is 0.873. The summed E-state index contributed by atoms with van der Waals surface area (Å²) in [5.74, 6) is -0.858. The second-order valence-electron chi connectivity index (χ2n) is 5.19. The molecule has 1 N–H and O–H groups in total. The summed E-state index contributed by atoms with van der Waals surface area (Å²) in [6.07, 6.45) is 0.